The number of aryl methyl sites for hydroxylation is 2. The van der Waals surface area contributed by atoms with Crippen molar-refractivity contribution < 1.29 is 17.7 Å². The zero-order chi connectivity index (χ0) is 14.0. The van der Waals surface area contributed by atoms with Crippen LogP contribution in [0.4, 0.5) is 0 Å². The van der Waals surface area contributed by atoms with Crippen LogP contribution in [0.1, 0.15) is 17.0 Å². The van der Waals surface area contributed by atoms with Crippen LogP contribution in [-0.2, 0) is 15.7 Å². The smallest absolute Gasteiger partial charge is 0.265 e. The fourth-order valence-corrected chi connectivity index (χ4v) is 2.79. The average molecular weight is 303 g/mol. The van der Waals surface area contributed by atoms with Crippen LogP contribution in [0.2, 0.25) is 0 Å². The molecule has 1 heterocycles. The van der Waals surface area contributed by atoms with Crippen molar-refractivity contribution in [3.05, 3.63) is 35.5 Å². The monoisotopic (exact) mass is 302 g/mol. The molecular weight excluding hydrogens is 292 g/mol. The summed E-state index contributed by atoms with van der Waals surface area (Å²) in [4.78, 5) is 3.73. The lowest BCUT2D eigenvalue weighted by molar-refractivity contribution is 0.278. The molecule has 2 aromatic rings. The number of benzene rings is 1. The van der Waals surface area contributed by atoms with Crippen molar-refractivity contribution in [2.45, 2.75) is 25.3 Å². The van der Waals surface area contributed by atoms with Gasteiger partial charge in [0.2, 0.25) is 12.2 Å². The Labute approximate surface area is 114 Å². The highest BCUT2D eigenvalue weighted by Crippen LogP contribution is 2.32. The van der Waals surface area contributed by atoms with Crippen LogP contribution in [0, 0.1) is 13.8 Å². The van der Waals surface area contributed by atoms with E-state index in [1.54, 1.807) is 19.9 Å². The van der Waals surface area contributed by atoms with Gasteiger partial charge in [-0.25, -0.2) is 8.42 Å². The molecule has 1 aromatic heterocycles. The summed E-state index contributed by atoms with van der Waals surface area (Å²) in [6.07, 6.45) is 1.17. The molecule has 6 nitrogen and oxygen atoms in total. The van der Waals surface area contributed by atoms with Crippen molar-refractivity contribution in [3.63, 3.8) is 0 Å². The van der Waals surface area contributed by atoms with Crippen LogP contribution in [0.25, 0.3) is 0 Å². The van der Waals surface area contributed by atoms with Crippen LogP contribution in [-0.4, -0.2) is 18.6 Å². The Kier molecular flexibility index (Phi) is 3.77. The summed E-state index contributed by atoms with van der Waals surface area (Å²) < 4.78 is 33.1. The molecule has 0 aliphatic carbocycles. The minimum atomic E-state index is -3.89. The summed E-state index contributed by atoms with van der Waals surface area (Å²) >= 11 is 0. The molecule has 0 atom stereocenters. The summed E-state index contributed by atoms with van der Waals surface area (Å²) in [5, 5.41) is 3.58. The second kappa shape index (κ2) is 5.18. The van der Waals surface area contributed by atoms with Gasteiger partial charge >= 0.3 is 0 Å². The van der Waals surface area contributed by atoms with Gasteiger partial charge in [0.15, 0.2) is 6.61 Å². The van der Waals surface area contributed by atoms with E-state index in [0.717, 1.165) is 5.56 Å². The Bertz CT molecular complexity index is 683. The van der Waals surface area contributed by atoms with Crippen LogP contribution in [0.15, 0.2) is 27.9 Å². The maximum Gasteiger partial charge on any atom is 0.265 e. The van der Waals surface area contributed by atoms with Crippen molar-refractivity contribution in [1.82, 2.24) is 10.1 Å². The van der Waals surface area contributed by atoms with Gasteiger partial charge < -0.3 is 9.26 Å². The van der Waals surface area contributed by atoms with Crippen molar-refractivity contribution in [2.24, 2.45) is 0 Å². The van der Waals surface area contributed by atoms with E-state index in [1.165, 1.54) is 12.5 Å². The first kappa shape index (κ1) is 13.8. The van der Waals surface area contributed by atoms with Gasteiger partial charge in [0.05, 0.1) is 0 Å². The van der Waals surface area contributed by atoms with E-state index in [0.29, 0.717) is 11.4 Å². The Morgan fingerprint density at radius 3 is 2.68 bits per heavy atom. The second-order valence-corrected chi connectivity index (χ2v) is 6.52. The van der Waals surface area contributed by atoms with Crippen LogP contribution in [0.3, 0.4) is 0 Å². The lowest BCUT2D eigenvalue weighted by Gasteiger charge is -2.12. The van der Waals surface area contributed by atoms with E-state index < -0.39 is 9.05 Å². The highest BCUT2D eigenvalue weighted by atomic mass is 35.7. The lowest BCUT2D eigenvalue weighted by atomic mass is 10.1. The molecule has 0 aliphatic heterocycles. The highest BCUT2D eigenvalue weighted by molar-refractivity contribution is 8.13. The van der Waals surface area contributed by atoms with E-state index >= 15 is 0 Å². The molecule has 0 aliphatic rings. The fourth-order valence-electron chi connectivity index (χ4n) is 1.67. The number of halogens is 1. The molecule has 102 valence electrons. The number of aromatic nitrogens is 2. The summed E-state index contributed by atoms with van der Waals surface area (Å²) in [7, 11) is 1.52. The largest absolute Gasteiger partial charge is 0.484 e. The SMILES string of the molecule is Cc1cc(C)c(OCc2ncon2)c(S(=O)(=O)Cl)c1. The molecule has 0 N–H and O–H groups in total. The molecule has 0 fully saturated rings. The molecule has 0 amide bonds. The molecule has 0 saturated heterocycles. The molecule has 0 unspecified atom stereocenters. The quantitative estimate of drug-likeness (QED) is 0.805. The number of ether oxygens (including phenoxy) is 1. The Morgan fingerprint density at radius 1 is 1.37 bits per heavy atom. The van der Waals surface area contributed by atoms with Gasteiger partial charge in [-0.3, -0.25) is 0 Å². The summed E-state index contributed by atoms with van der Waals surface area (Å²) in [5.74, 6) is 0.517. The third-order valence-electron chi connectivity index (χ3n) is 2.40. The minimum Gasteiger partial charge on any atom is -0.484 e. The Balaban J connectivity index is 2.38. The summed E-state index contributed by atoms with van der Waals surface area (Å²) in [5.41, 5.74) is 1.45. The van der Waals surface area contributed by atoms with E-state index in [1.807, 2.05) is 0 Å². The highest BCUT2D eigenvalue weighted by Gasteiger charge is 2.20. The van der Waals surface area contributed by atoms with E-state index in [9.17, 15) is 8.42 Å². The molecule has 8 heteroatoms. The molecule has 1 aromatic carbocycles. The van der Waals surface area contributed by atoms with Crippen LogP contribution in [0.5, 0.6) is 5.75 Å². The van der Waals surface area contributed by atoms with Gasteiger partial charge in [0, 0.05) is 10.7 Å². The summed E-state index contributed by atoms with van der Waals surface area (Å²) in [6, 6.07) is 3.26. The lowest BCUT2D eigenvalue weighted by Crippen LogP contribution is -2.04. The number of hydrogen-bond donors (Lipinski definition) is 0. The fraction of sp³-hybridized carbons (Fsp3) is 0.273. The second-order valence-electron chi connectivity index (χ2n) is 3.98. The van der Waals surface area contributed by atoms with Gasteiger partial charge in [-0.05, 0) is 31.0 Å². The van der Waals surface area contributed by atoms with Crippen molar-refractivity contribution in [3.8, 4) is 5.75 Å². The standard InChI is InChI=1S/C11H11ClN2O4S/c1-7-3-8(2)11(9(4-7)19(12,15)16)17-5-10-13-6-18-14-10/h3-4,6H,5H2,1-2H3. The normalized spacial score (nSPS) is 11.5. The molecule has 0 bridgehead atoms. The van der Waals surface area contributed by atoms with Gasteiger partial charge in [-0.15, -0.1) is 0 Å². The molecule has 2 rings (SSSR count). The van der Waals surface area contributed by atoms with Crippen LogP contribution < -0.4 is 4.74 Å². The van der Waals surface area contributed by atoms with Gasteiger partial charge in [-0.1, -0.05) is 11.2 Å². The van der Waals surface area contributed by atoms with Crippen molar-refractivity contribution in [2.75, 3.05) is 0 Å². The molecular formula is C11H11ClN2O4S. The summed E-state index contributed by atoms with van der Waals surface area (Å²) in [6.45, 7) is 3.52. The number of nitrogens with zero attached hydrogens (tertiary/aromatic N) is 2. The predicted molar refractivity (Wildman–Crippen MR) is 67.6 cm³/mol. The zero-order valence-corrected chi connectivity index (χ0v) is 11.8. The van der Waals surface area contributed by atoms with Crippen LogP contribution >= 0.6 is 10.7 Å². The van der Waals surface area contributed by atoms with Crippen molar-refractivity contribution >= 4 is 19.7 Å². The Morgan fingerprint density at radius 2 is 2.11 bits per heavy atom. The molecule has 0 spiro atoms. The molecule has 0 saturated carbocycles. The van der Waals surface area contributed by atoms with Gasteiger partial charge in [-0.2, -0.15) is 4.98 Å². The third-order valence-corrected chi connectivity index (χ3v) is 3.73. The Hall–Kier alpha value is -1.60. The minimum absolute atomic E-state index is 0.000189. The maximum atomic E-state index is 11.6. The molecule has 0 radical (unpaired) electrons. The van der Waals surface area contributed by atoms with E-state index in [2.05, 4.69) is 14.7 Å². The van der Waals surface area contributed by atoms with Gasteiger partial charge in [0.1, 0.15) is 10.6 Å². The topological polar surface area (TPSA) is 82.3 Å². The predicted octanol–water partition coefficient (Wildman–Crippen LogP) is 2.19. The van der Waals surface area contributed by atoms with E-state index in [4.69, 9.17) is 15.4 Å². The van der Waals surface area contributed by atoms with Crippen molar-refractivity contribution in [1.29, 1.82) is 0 Å². The molecule has 19 heavy (non-hydrogen) atoms. The first-order valence-corrected chi connectivity index (χ1v) is 7.63. The number of hydrogen-bond acceptors (Lipinski definition) is 6. The maximum absolute atomic E-state index is 11.6. The van der Waals surface area contributed by atoms with Gasteiger partial charge in [0.25, 0.3) is 9.05 Å². The zero-order valence-electron chi connectivity index (χ0n) is 10.3. The first-order chi connectivity index (χ1) is 8.88. The number of rotatable bonds is 4. The third kappa shape index (κ3) is 3.24. The average Bonchev–Trinajstić information content (AvgIpc) is 2.78. The first-order valence-electron chi connectivity index (χ1n) is 5.32. The van der Waals surface area contributed by atoms with E-state index in [-0.39, 0.29) is 17.3 Å².